The van der Waals surface area contributed by atoms with Gasteiger partial charge in [0.15, 0.2) is 0 Å². The molecule has 1 heterocycles. The summed E-state index contributed by atoms with van der Waals surface area (Å²) in [5.41, 5.74) is 6.67. The Morgan fingerprint density at radius 2 is 1.77 bits per heavy atom. The van der Waals surface area contributed by atoms with E-state index in [-0.39, 0.29) is 11.9 Å². The summed E-state index contributed by atoms with van der Waals surface area (Å²) in [7, 11) is 3.19. The van der Waals surface area contributed by atoms with Gasteiger partial charge in [0.2, 0.25) is 5.95 Å². The van der Waals surface area contributed by atoms with Gasteiger partial charge >= 0.3 is 0 Å². The van der Waals surface area contributed by atoms with E-state index in [4.69, 9.17) is 15.2 Å². The van der Waals surface area contributed by atoms with E-state index in [0.717, 1.165) is 0 Å². The maximum atomic E-state index is 12.8. The SMILES string of the molecule is COCCN(CCOC)C(=O)c1nc(N)nc2ccccc12. The second-order valence-electron chi connectivity index (χ2n) is 4.73. The Kier molecular flexibility index (Phi) is 5.62. The van der Waals surface area contributed by atoms with Crippen LogP contribution in [0.3, 0.4) is 0 Å². The molecule has 2 rings (SSSR count). The largest absolute Gasteiger partial charge is 0.383 e. The zero-order valence-electron chi connectivity index (χ0n) is 12.8. The predicted octanol–water partition coefficient (Wildman–Crippen LogP) is 0.947. The number of fused-ring (bicyclic) bond motifs is 1. The number of benzene rings is 1. The van der Waals surface area contributed by atoms with E-state index in [2.05, 4.69) is 9.97 Å². The number of para-hydroxylation sites is 1. The molecule has 0 fully saturated rings. The van der Waals surface area contributed by atoms with Crippen molar-refractivity contribution in [2.75, 3.05) is 46.3 Å². The summed E-state index contributed by atoms with van der Waals surface area (Å²) in [4.78, 5) is 22.7. The zero-order valence-corrected chi connectivity index (χ0v) is 12.8. The van der Waals surface area contributed by atoms with Crippen molar-refractivity contribution in [1.82, 2.24) is 14.9 Å². The van der Waals surface area contributed by atoms with Gasteiger partial charge < -0.3 is 20.1 Å². The summed E-state index contributed by atoms with van der Waals surface area (Å²) in [5.74, 6) is -0.125. The quantitative estimate of drug-likeness (QED) is 0.819. The number of hydrogen-bond acceptors (Lipinski definition) is 6. The number of hydrogen-bond donors (Lipinski definition) is 1. The van der Waals surface area contributed by atoms with Gasteiger partial charge in [-0.2, -0.15) is 0 Å². The molecule has 7 nitrogen and oxygen atoms in total. The fourth-order valence-corrected chi connectivity index (χ4v) is 2.13. The van der Waals surface area contributed by atoms with Crippen LogP contribution in [0.1, 0.15) is 10.5 Å². The van der Waals surface area contributed by atoms with E-state index < -0.39 is 0 Å². The second-order valence-corrected chi connectivity index (χ2v) is 4.73. The number of methoxy groups -OCH3 is 2. The molecule has 0 bridgehead atoms. The minimum absolute atomic E-state index is 0.0838. The van der Waals surface area contributed by atoms with Gasteiger partial charge in [0.1, 0.15) is 5.69 Å². The smallest absolute Gasteiger partial charge is 0.273 e. The van der Waals surface area contributed by atoms with Crippen LogP contribution in [-0.4, -0.2) is 61.3 Å². The zero-order chi connectivity index (χ0) is 15.9. The third kappa shape index (κ3) is 3.69. The van der Waals surface area contributed by atoms with E-state index in [9.17, 15) is 4.79 Å². The lowest BCUT2D eigenvalue weighted by Gasteiger charge is -2.22. The number of anilines is 1. The molecule has 7 heteroatoms. The molecule has 118 valence electrons. The van der Waals surface area contributed by atoms with Crippen LogP contribution >= 0.6 is 0 Å². The minimum atomic E-state index is -0.209. The molecule has 0 atom stereocenters. The molecule has 0 saturated carbocycles. The highest BCUT2D eigenvalue weighted by Crippen LogP contribution is 2.18. The Morgan fingerprint density at radius 1 is 1.14 bits per heavy atom. The minimum Gasteiger partial charge on any atom is -0.383 e. The highest BCUT2D eigenvalue weighted by Gasteiger charge is 2.20. The number of carbonyl (C=O) groups is 1. The van der Waals surface area contributed by atoms with Gasteiger partial charge in [-0.15, -0.1) is 0 Å². The molecular weight excluding hydrogens is 284 g/mol. The second kappa shape index (κ2) is 7.67. The number of amides is 1. The number of nitrogen functional groups attached to an aromatic ring is 1. The summed E-state index contributed by atoms with van der Waals surface area (Å²) < 4.78 is 10.1. The van der Waals surface area contributed by atoms with Gasteiger partial charge in [0.25, 0.3) is 5.91 Å². The third-order valence-corrected chi connectivity index (χ3v) is 3.24. The first-order valence-corrected chi connectivity index (χ1v) is 6.96. The molecule has 0 spiro atoms. The molecule has 0 aliphatic heterocycles. The normalized spacial score (nSPS) is 10.8. The first kappa shape index (κ1) is 16.1. The standard InChI is InChI=1S/C15H20N4O3/c1-21-9-7-19(8-10-22-2)14(20)13-11-5-3-4-6-12(11)17-15(16)18-13/h3-6H,7-10H2,1-2H3,(H2,16,17,18). The molecule has 1 amide bonds. The highest BCUT2D eigenvalue weighted by atomic mass is 16.5. The molecule has 0 aliphatic rings. The van der Waals surface area contributed by atoms with Crippen LogP contribution in [0.4, 0.5) is 5.95 Å². The number of ether oxygens (including phenoxy) is 2. The maximum absolute atomic E-state index is 12.8. The molecule has 0 aliphatic carbocycles. The number of aromatic nitrogens is 2. The van der Waals surface area contributed by atoms with Crippen molar-refractivity contribution >= 4 is 22.8 Å². The summed E-state index contributed by atoms with van der Waals surface area (Å²) in [6.07, 6.45) is 0. The first-order valence-electron chi connectivity index (χ1n) is 6.96. The Morgan fingerprint density at radius 3 is 2.41 bits per heavy atom. The van der Waals surface area contributed by atoms with Crippen LogP contribution in [0.15, 0.2) is 24.3 Å². The predicted molar refractivity (Wildman–Crippen MR) is 83.6 cm³/mol. The summed E-state index contributed by atoms with van der Waals surface area (Å²) in [5, 5.41) is 0.682. The van der Waals surface area contributed by atoms with Crippen molar-refractivity contribution in [3.05, 3.63) is 30.0 Å². The van der Waals surface area contributed by atoms with Crippen LogP contribution in [0.25, 0.3) is 10.9 Å². The van der Waals surface area contributed by atoms with E-state index >= 15 is 0 Å². The molecule has 2 aromatic rings. The van der Waals surface area contributed by atoms with Crippen molar-refractivity contribution in [2.24, 2.45) is 0 Å². The molecule has 0 radical (unpaired) electrons. The van der Waals surface area contributed by atoms with Gasteiger partial charge in [0.05, 0.1) is 18.7 Å². The summed E-state index contributed by atoms with van der Waals surface area (Å²) in [6.45, 7) is 1.79. The molecule has 1 aromatic heterocycles. The number of rotatable bonds is 7. The fraction of sp³-hybridized carbons (Fsp3) is 0.400. The van der Waals surface area contributed by atoms with E-state index in [1.165, 1.54) is 0 Å². The summed E-state index contributed by atoms with van der Waals surface area (Å²) in [6, 6.07) is 7.30. The van der Waals surface area contributed by atoms with Crippen molar-refractivity contribution in [2.45, 2.75) is 0 Å². The van der Waals surface area contributed by atoms with Crippen LogP contribution in [0, 0.1) is 0 Å². The van der Waals surface area contributed by atoms with E-state index in [1.807, 2.05) is 18.2 Å². The average Bonchev–Trinajstić information content (AvgIpc) is 2.53. The Labute approximate surface area is 129 Å². The highest BCUT2D eigenvalue weighted by molar-refractivity contribution is 6.04. The molecule has 22 heavy (non-hydrogen) atoms. The van der Waals surface area contributed by atoms with Gasteiger partial charge in [-0.3, -0.25) is 4.79 Å². The van der Waals surface area contributed by atoms with Crippen molar-refractivity contribution in [3.63, 3.8) is 0 Å². The van der Waals surface area contributed by atoms with Crippen LogP contribution in [-0.2, 0) is 9.47 Å². The number of nitrogens with two attached hydrogens (primary N) is 1. The molecule has 0 unspecified atom stereocenters. The lowest BCUT2D eigenvalue weighted by molar-refractivity contribution is 0.0624. The number of nitrogens with zero attached hydrogens (tertiary/aromatic N) is 3. The fourth-order valence-electron chi connectivity index (χ4n) is 2.13. The van der Waals surface area contributed by atoms with Crippen LogP contribution < -0.4 is 5.73 Å². The average molecular weight is 304 g/mol. The van der Waals surface area contributed by atoms with Crippen molar-refractivity contribution in [1.29, 1.82) is 0 Å². The molecule has 0 saturated heterocycles. The van der Waals surface area contributed by atoms with Gasteiger partial charge in [0, 0.05) is 32.7 Å². The Bertz CT molecular complexity index is 640. The molecule has 1 aromatic carbocycles. The topological polar surface area (TPSA) is 90.6 Å². The number of carbonyl (C=O) groups excluding carboxylic acids is 1. The van der Waals surface area contributed by atoms with Gasteiger partial charge in [-0.25, -0.2) is 9.97 Å². The van der Waals surface area contributed by atoms with Crippen molar-refractivity contribution in [3.8, 4) is 0 Å². The summed E-state index contributed by atoms with van der Waals surface area (Å²) >= 11 is 0. The third-order valence-electron chi connectivity index (χ3n) is 3.24. The van der Waals surface area contributed by atoms with Gasteiger partial charge in [-0.1, -0.05) is 18.2 Å². The first-order chi connectivity index (χ1) is 10.7. The van der Waals surface area contributed by atoms with Crippen molar-refractivity contribution < 1.29 is 14.3 Å². The van der Waals surface area contributed by atoms with Gasteiger partial charge in [-0.05, 0) is 6.07 Å². The van der Waals surface area contributed by atoms with Crippen LogP contribution in [0.5, 0.6) is 0 Å². The molecular formula is C15H20N4O3. The van der Waals surface area contributed by atoms with E-state index in [1.54, 1.807) is 25.2 Å². The Balaban J connectivity index is 2.36. The van der Waals surface area contributed by atoms with E-state index in [0.29, 0.717) is 42.9 Å². The lowest BCUT2D eigenvalue weighted by atomic mass is 10.1. The Hall–Kier alpha value is -2.25. The lowest BCUT2D eigenvalue weighted by Crippen LogP contribution is -2.37. The van der Waals surface area contributed by atoms with Crippen LogP contribution in [0.2, 0.25) is 0 Å². The monoisotopic (exact) mass is 304 g/mol. The molecule has 2 N–H and O–H groups in total. The maximum Gasteiger partial charge on any atom is 0.273 e.